The molecule has 5 N–H and O–H groups in total. The van der Waals surface area contributed by atoms with E-state index in [9.17, 15) is 4.79 Å². The molecule has 0 saturated carbocycles. The molecule has 12 heavy (non-hydrogen) atoms. The molecule has 0 aromatic carbocycles. The molecular weight excluding hydrogens is 154 g/mol. The first kappa shape index (κ1) is 11.4. The molecule has 0 aromatic rings. The molecule has 0 rings (SSSR count). The second kappa shape index (κ2) is 7.06. The Morgan fingerprint density at radius 3 is 2.58 bits per heavy atom. The van der Waals surface area contributed by atoms with Crippen LogP contribution < -0.4 is 16.8 Å². The van der Waals surface area contributed by atoms with E-state index in [1.165, 1.54) is 0 Å². The molecule has 0 aromatic heterocycles. The van der Waals surface area contributed by atoms with Crippen LogP contribution in [0.4, 0.5) is 0 Å². The third-order valence-electron chi connectivity index (χ3n) is 1.73. The van der Waals surface area contributed by atoms with Crippen LogP contribution in [0, 0.1) is 5.92 Å². The van der Waals surface area contributed by atoms with E-state index in [2.05, 4.69) is 5.32 Å². The molecule has 0 bridgehead atoms. The highest BCUT2D eigenvalue weighted by molar-refractivity contribution is 5.78. The molecule has 0 aliphatic carbocycles. The van der Waals surface area contributed by atoms with Gasteiger partial charge in [-0.1, -0.05) is 6.92 Å². The first-order valence-electron chi connectivity index (χ1n) is 4.40. The number of amides is 1. The van der Waals surface area contributed by atoms with Gasteiger partial charge in [-0.3, -0.25) is 4.79 Å². The van der Waals surface area contributed by atoms with Crippen LogP contribution in [0.25, 0.3) is 0 Å². The SMILES string of the molecule is CC(CN)C(=O)NCCCCN. The molecule has 0 fully saturated rings. The van der Waals surface area contributed by atoms with Gasteiger partial charge in [-0.05, 0) is 19.4 Å². The maximum atomic E-state index is 11.1. The van der Waals surface area contributed by atoms with E-state index >= 15 is 0 Å². The van der Waals surface area contributed by atoms with E-state index in [1.54, 1.807) is 0 Å². The van der Waals surface area contributed by atoms with Crippen molar-refractivity contribution < 1.29 is 4.79 Å². The van der Waals surface area contributed by atoms with Crippen LogP contribution in [0.5, 0.6) is 0 Å². The van der Waals surface area contributed by atoms with Crippen molar-refractivity contribution in [3.8, 4) is 0 Å². The van der Waals surface area contributed by atoms with Crippen LogP contribution in [0.1, 0.15) is 19.8 Å². The summed E-state index contributed by atoms with van der Waals surface area (Å²) in [5.41, 5.74) is 10.6. The van der Waals surface area contributed by atoms with Crippen molar-refractivity contribution in [2.24, 2.45) is 17.4 Å². The highest BCUT2D eigenvalue weighted by Gasteiger charge is 2.08. The Morgan fingerprint density at radius 1 is 1.42 bits per heavy atom. The minimum atomic E-state index is -0.0807. The third kappa shape index (κ3) is 5.09. The lowest BCUT2D eigenvalue weighted by Gasteiger charge is -2.08. The van der Waals surface area contributed by atoms with Crippen molar-refractivity contribution in [2.45, 2.75) is 19.8 Å². The quantitative estimate of drug-likeness (QED) is 0.471. The van der Waals surface area contributed by atoms with E-state index in [4.69, 9.17) is 11.5 Å². The summed E-state index contributed by atoms with van der Waals surface area (Å²) in [6.45, 7) is 3.61. The summed E-state index contributed by atoms with van der Waals surface area (Å²) in [6.07, 6.45) is 1.90. The van der Waals surface area contributed by atoms with Gasteiger partial charge in [0, 0.05) is 19.0 Å². The van der Waals surface area contributed by atoms with Crippen LogP contribution in [0.3, 0.4) is 0 Å². The van der Waals surface area contributed by atoms with Gasteiger partial charge in [0.1, 0.15) is 0 Å². The van der Waals surface area contributed by atoms with Crippen molar-refractivity contribution in [3.63, 3.8) is 0 Å². The summed E-state index contributed by atoms with van der Waals surface area (Å²) in [5.74, 6) is -0.0441. The number of hydrogen-bond donors (Lipinski definition) is 3. The average molecular weight is 173 g/mol. The molecule has 1 unspecified atom stereocenters. The number of rotatable bonds is 6. The Labute approximate surface area is 73.7 Å². The highest BCUT2D eigenvalue weighted by atomic mass is 16.1. The number of unbranched alkanes of at least 4 members (excludes halogenated alkanes) is 1. The zero-order valence-electron chi connectivity index (χ0n) is 7.68. The Bertz CT molecular complexity index is 127. The van der Waals surface area contributed by atoms with E-state index in [-0.39, 0.29) is 11.8 Å². The second-order valence-electron chi connectivity index (χ2n) is 2.92. The molecule has 0 spiro atoms. The van der Waals surface area contributed by atoms with Crippen LogP contribution in [-0.4, -0.2) is 25.5 Å². The lowest BCUT2D eigenvalue weighted by Crippen LogP contribution is -2.33. The van der Waals surface area contributed by atoms with Crippen molar-refractivity contribution >= 4 is 5.91 Å². The molecule has 72 valence electrons. The van der Waals surface area contributed by atoms with Gasteiger partial charge in [0.2, 0.25) is 5.91 Å². The van der Waals surface area contributed by atoms with Gasteiger partial charge < -0.3 is 16.8 Å². The number of carbonyl (C=O) groups excluding carboxylic acids is 1. The molecule has 0 aliphatic heterocycles. The first-order valence-corrected chi connectivity index (χ1v) is 4.40. The monoisotopic (exact) mass is 173 g/mol. The van der Waals surface area contributed by atoms with Crippen molar-refractivity contribution in [1.29, 1.82) is 0 Å². The zero-order valence-corrected chi connectivity index (χ0v) is 7.68. The van der Waals surface area contributed by atoms with Crippen molar-refractivity contribution in [1.82, 2.24) is 5.32 Å². The Morgan fingerprint density at radius 2 is 2.08 bits per heavy atom. The molecule has 1 atom stereocenters. The first-order chi connectivity index (χ1) is 5.72. The fraction of sp³-hybridized carbons (Fsp3) is 0.875. The fourth-order valence-electron chi connectivity index (χ4n) is 0.762. The maximum absolute atomic E-state index is 11.1. The molecule has 0 aliphatic rings. The van der Waals surface area contributed by atoms with Gasteiger partial charge in [0.05, 0.1) is 0 Å². The van der Waals surface area contributed by atoms with Crippen LogP contribution >= 0.6 is 0 Å². The number of hydrogen-bond acceptors (Lipinski definition) is 3. The summed E-state index contributed by atoms with van der Waals surface area (Å²) in [7, 11) is 0. The molecule has 1 amide bonds. The smallest absolute Gasteiger partial charge is 0.224 e. The van der Waals surface area contributed by atoms with E-state index < -0.39 is 0 Å². The number of nitrogens with one attached hydrogen (secondary N) is 1. The predicted molar refractivity (Wildman–Crippen MR) is 49.5 cm³/mol. The van der Waals surface area contributed by atoms with Gasteiger partial charge in [-0.15, -0.1) is 0 Å². The standard InChI is InChI=1S/C8H19N3O/c1-7(6-10)8(12)11-5-3-2-4-9/h7H,2-6,9-10H2,1H3,(H,11,12). The summed E-state index contributed by atoms with van der Waals surface area (Å²) >= 11 is 0. The fourth-order valence-corrected chi connectivity index (χ4v) is 0.762. The minimum absolute atomic E-state index is 0.0366. The predicted octanol–water partition coefficient (Wildman–Crippen LogP) is -0.564. The molecule has 4 heteroatoms. The highest BCUT2D eigenvalue weighted by Crippen LogP contribution is 1.91. The normalized spacial score (nSPS) is 12.6. The van der Waals surface area contributed by atoms with Gasteiger partial charge in [-0.2, -0.15) is 0 Å². The van der Waals surface area contributed by atoms with Crippen molar-refractivity contribution in [3.05, 3.63) is 0 Å². The van der Waals surface area contributed by atoms with Gasteiger partial charge >= 0.3 is 0 Å². The van der Waals surface area contributed by atoms with Crippen LogP contribution in [-0.2, 0) is 4.79 Å². The second-order valence-corrected chi connectivity index (χ2v) is 2.92. The minimum Gasteiger partial charge on any atom is -0.356 e. The summed E-state index contributed by atoms with van der Waals surface area (Å²) in [6, 6.07) is 0. The molecule has 0 saturated heterocycles. The Kier molecular flexibility index (Phi) is 6.70. The summed E-state index contributed by atoms with van der Waals surface area (Å²) in [5, 5.41) is 2.79. The maximum Gasteiger partial charge on any atom is 0.224 e. The molecule has 0 heterocycles. The Hall–Kier alpha value is -0.610. The van der Waals surface area contributed by atoms with Crippen LogP contribution in [0.15, 0.2) is 0 Å². The lowest BCUT2D eigenvalue weighted by atomic mass is 10.1. The molecule has 0 radical (unpaired) electrons. The summed E-state index contributed by atoms with van der Waals surface area (Å²) < 4.78 is 0. The zero-order chi connectivity index (χ0) is 9.40. The van der Waals surface area contributed by atoms with Crippen molar-refractivity contribution in [2.75, 3.05) is 19.6 Å². The van der Waals surface area contributed by atoms with E-state index in [1.807, 2.05) is 6.92 Å². The largest absolute Gasteiger partial charge is 0.356 e. The third-order valence-corrected chi connectivity index (χ3v) is 1.73. The topological polar surface area (TPSA) is 81.1 Å². The number of nitrogens with two attached hydrogens (primary N) is 2. The number of carbonyl (C=O) groups is 1. The molecule has 4 nitrogen and oxygen atoms in total. The van der Waals surface area contributed by atoms with E-state index in [0.29, 0.717) is 19.6 Å². The lowest BCUT2D eigenvalue weighted by molar-refractivity contribution is -0.124. The Balaban J connectivity index is 3.31. The molecular formula is C8H19N3O. The van der Waals surface area contributed by atoms with E-state index in [0.717, 1.165) is 12.8 Å². The van der Waals surface area contributed by atoms with Crippen LogP contribution in [0.2, 0.25) is 0 Å². The van der Waals surface area contributed by atoms with Gasteiger partial charge in [0.15, 0.2) is 0 Å². The average Bonchev–Trinajstić information content (AvgIpc) is 2.10. The van der Waals surface area contributed by atoms with Gasteiger partial charge in [0.25, 0.3) is 0 Å². The van der Waals surface area contributed by atoms with Gasteiger partial charge in [-0.25, -0.2) is 0 Å². The summed E-state index contributed by atoms with van der Waals surface area (Å²) in [4.78, 5) is 11.1.